The number of ether oxygens (including phenoxy) is 1. The van der Waals surface area contributed by atoms with Crippen molar-refractivity contribution in [3.8, 4) is 11.5 Å². The Morgan fingerprint density at radius 3 is 2.89 bits per heavy atom. The lowest BCUT2D eigenvalue weighted by Gasteiger charge is -2.10. The van der Waals surface area contributed by atoms with E-state index in [1.807, 2.05) is 6.92 Å². The Bertz CT molecular complexity index is 488. The number of methoxy groups -OCH3 is 1. The van der Waals surface area contributed by atoms with Crippen molar-refractivity contribution < 1.29 is 4.74 Å². The Balaban J connectivity index is 2.47. The van der Waals surface area contributed by atoms with E-state index in [9.17, 15) is 0 Å². The molecule has 96 valence electrons. The zero-order valence-corrected chi connectivity index (χ0v) is 12.2. The summed E-state index contributed by atoms with van der Waals surface area (Å²) >= 11 is 2.21. The second-order valence-corrected chi connectivity index (χ2v) is 4.55. The number of rotatable bonds is 5. The smallest absolute Gasteiger partial charge is 0.184 e. The van der Waals surface area contributed by atoms with Crippen LogP contribution in [-0.4, -0.2) is 39.0 Å². The highest BCUT2D eigenvalue weighted by Gasteiger charge is 2.14. The molecule has 0 spiro atoms. The summed E-state index contributed by atoms with van der Waals surface area (Å²) in [4.78, 5) is 8.88. The first kappa shape index (κ1) is 13.1. The van der Waals surface area contributed by atoms with Crippen LogP contribution in [0.2, 0.25) is 0 Å². The van der Waals surface area contributed by atoms with Gasteiger partial charge in [-0.15, -0.1) is 0 Å². The lowest BCUT2D eigenvalue weighted by molar-refractivity contribution is 0.181. The summed E-state index contributed by atoms with van der Waals surface area (Å²) < 4.78 is 6.11. The number of aromatic amines is 1. The van der Waals surface area contributed by atoms with Crippen LogP contribution in [0.4, 0.5) is 5.82 Å². The van der Waals surface area contributed by atoms with Gasteiger partial charge in [-0.25, -0.2) is 9.97 Å². The molecule has 2 aromatic heterocycles. The van der Waals surface area contributed by atoms with Crippen LogP contribution < -0.4 is 5.32 Å². The Kier molecular flexibility index (Phi) is 4.42. The van der Waals surface area contributed by atoms with E-state index in [-0.39, 0.29) is 0 Å². The van der Waals surface area contributed by atoms with Crippen LogP contribution in [0, 0.1) is 3.57 Å². The fourth-order valence-corrected chi connectivity index (χ4v) is 2.02. The summed E-state index contributed by atoms with van der Waals surface area (Å²) in [5.41, 5.74) is 1.45. The van der Waals surface area contributed by atoms with Crippen LogP contribution in [0.1, 0.15) is 12.6 Å². The highest BCUT2D eigenvalue weighted by molar-refractivity contribution is 14.1. The van der Waals surface area contributed by atoms with Gasteiger partial charge in [0, 0.05) is 13.7 Å². The van der Waals surface area contributed by atoms with Crippen LogP contribution >= 0.6 is 22.6 Å². The number of nitrogens with zero attached hydrogens (tertiary/aromatic N) is 4. The van der Waals surface area contributed by atoms with Crippen LogP contribution in [0.15, 0.2) is 6.20 Å². The minimum atomic E-state index is 0.435. The lowest BCUT2D eigenvalue weighted by atomic mass is 10.3. The molecule has 0 bridgehead atoms. The molecule has 8 heteroatoms. The summed E-state index contributed by atoms with van der Waals surface area (Å²) in [6, 6.07) is 0. The Hall–Kier alpha value is -1.29. The molecule has 0 aliphatic rings. The van der Waals surface area contributed by atoms with Gasteiger partial charge in [-0.1, -0.05) is 0 Å². The van der Waals surface area contributed by atoms with Crippen molar-refractivity contribution in [2.24, 2.45) is 0 Å². The third kappa shape index (κ3) is 2.75. The summed E-state index contributed by atoms with van der Waals surface area (Å²) in [5.74, 6) is 1.32. The van der Waals surface area contributed by atoms with E-state index >= 15 is 0 Å². The molecule has 0 saturated carbocycles. The number of hydrogen-bond donors (Lipinski definition) is 2. The van der Waals surface area contributed by atoms with E-state index in [1.165, 1.54) is 0 Å². The predicted octanol–water partition coefficient (Wildman–Crippen LogP) is 1.44. The predicted molar refractivity (Wildman–Crippen MR) is 75.0 cm³/mol. The number of nitrogens with one attached hydrogen (secondary N) is 2. The van der Waals surface area contributed by atoms with Gasteiger partial charge in [0.25, 0.3) is 0 Å². The van der Waals surface area contributed by atoms with Crippen molar-refractivity contribution in [2.75, 3.05) is 19.0 Å². The second-order valence-electron chi connectivity index (χ2n) is 3.48. The van der Waals surface area contributed by atoms with Crippen molar-refractivity contribution in [3.63, 3.8) is 0 Å². The average Bonchev–Trinajstić information content (AvgIpc) is 2.88. The van der Waals surface area contributed by atoms with Gasteiger partial charge in [-0.05, 0) is 29.5 Å². The molecule has 7 nitrogen and oxygen atoms in total. The SMILES string of the molecule is CCNc1nc(-c2cn[nH]n2)nc(COC)c1I. The molecule has 0 fully saturated rings. The van der Waals surface area contributed by atoms with E-state index in [0.29, 0.717) is 18.1 Å². The monoisotopic (exact) mass is 360 g/mol. The lowest BCUT2D eigenvalue weighted by Crippen LogP contribution is -2.08. The van der Waals surface area contributed by atoms with Gasteiger partial charge < -0.3 is 10.1 Å². The molecule has 2 heterocycles. The molecule has 0 saturated heterocycles. The minimum absolute atomic E-state index is 0.435. The molecule has 2 rings (SSSR count). The maximum absolute atomic E-state index is 5.15. The molecule has 2 N–H and O–H groups in total. The number of anilines is 1. The van der Waals surface area contributed by atoms with Crippen LogP contribution in [0.25, 0.3) is 11.5 Å². The van der Waals surface area contributed by atoms with Gasteiger partial charge in [0.1, 0.15) is 11.5 Å². The van der Waals surface area contributed by atoms with Gasteiger partial charge in [0.05, 0.1) is 22.1 Å². The Morgan fingerprint density at radius 1 is 1.44 bits per heavy atom. The first-order valence-electron chi connectivity index (χ1n) is 5.41. The third-order valence-electron chi connectivity index (χ3n) is 2.19. The standard InChI is InChI=1S/C10H13IN6O/c1-3-12-10-8(11)7(5-18-2)14-9(15-10)6-4-13-17-16-6/h4H,3,5H2,1-2H3,(H,12,14,15)(H,13,16,17). The minimum Gasteiger partial charge on any atom is -0.378 e. The first-order chi connectivity index (χ1) is 8.76. The molecule has 0 aliphatic carbocycles. The zero-order chi connectivity index (χ0) is 13.0. The van der Waals surface area contributed by atoms with Gasteiger partial charge in [0.2, 0.25) is 0 Å². The molecule has 0 atom stereocenters. The van der Waals surface area contributed by atoms with E-state index in [4.69, 9.17) is 4.74 Å². The van der Waals surface area contributed by atoms with E-state index in [1.54, 1.807) is 13.3 Å². The van der Waals surface area contributed by atoms with Crippen molar-refractivity contribution in [2.45, 2.75) is 13.5 Å². The van der Waals surface area contributed by atoms with Gasteiger partial charge >= 0.3 is 0 Å². The molecule has 0 aliphatic heterocycles. The topological polar surface area (TPSA) is 88.6 Å². The van der Waals surface area contributed by atoms with Gasteiger partial charge in [-0.2, -0.15) is 15.4 Å². The van der Waals surface area contributed by atoms with Crippen molar-refractivity contribution >= 4 is 28.4 Å². The largest absolute Gasteiger partial charge is 0.378 e. The summed E-state index contributed by atoms with van der Waals surface area (Å²) in [5, 5.41) is 13.5. The third-order valence-corrected chi connectivity index (χ3v) is 3.32. The van der Waals surface area contributed by atoms with E-state index < -0.39 is 0 Å². The Morgan fingerprint density at radius 2 is 2.28 bits per heavy atom. The van der Waals surface area contributed by atoms with Crippen molar-refractivity contribution in [1.29, 1.82) is 0 Å². The number of aromatic nitrogens is 5. The molecule has 18 heavy (non-hydrogen) atoms. The maximum atomic E-state index is 5.15. The number of H-pyrrole nitrogens is 1. The highest BCUT2D eigenvalue weighted by atomic mass is 127. The molecular weight excluding hydrogens is 347 g/mol. The maximum Gasteiger partial charge on any atom is 0.184 e. The summed E-state index contributed by atoms with van der Waals surface area (Å²) in [7, 11) is 1.64. The van der Waals surface area contributed by atoms with E-state index in [0.717, 1.165) is 21.6 Å². The zero-order valence-electron chi connectivity index (χ0n) is 10.1. The van der Waals surface area contributed by atoms with Crippen LogP contribution in [-0.2, 0) is 11.3 Å². The normalized spacial score (nSPS) is 10.6. The molecular formula is C10H13IN6O. The van der Waals surface area contributed by atoms with Crippen molar-refractivity contribution in [3.05, 3.63) is 15.5 Å². The Labute approximate surface area is 118 Å². The number of hydrogen-bond acceptors (Lipinski definition) is 6. The van der Waals surface area contributed by atoms with Gasteiger partial charge in [-0.3, -0.25) is 0 Å². The number of halogens is 1. The summed E-state index contributed by atoms with van der Waals surface area (Å²) in [6.07, 6.45) is 1.59. The van der Waals surface area contributed by atoms with Crippen LogP contribution in [0.3, 0.4) is 0 Å². The molecule has 0 radical (unpaired) electrons. The molecule has 0 aromatic carbocycles. The highest BCUT2D eigenvalue weighted by Crippen LogP contribution is 2.23. The van der Waals surface area contributed by atoms with E-state index in [2.05, 4.69) is 53.3 Å². The van der Waals surface area contributed by atoms with Crippen LogP contribution in [0.5, 0.6) is 0 Å². The molecule has 2 aromatic rings. The fourth-order valence-electron chi connectivity index (χ4n) is 1.43. The van der Waals surface area contributed by atoms with Gasteiger partial charge in [0.15, 0.2) is 5.82 Å². The van der Waals surface area contributed by atoms with Crippen molar-refractivity contribution in [1.82, 2.24) is 25.4 Å². The first-order valence-corrected chi connectivity index (χ1v) is 6.49. The fraction of sp³-hybridized carbons (Fsp3) is 0.400. The molecule has 0 unspecified atom stereocenters. The summed E-state index contributed by atoms with van der Waals surface area (Å²) in [6.45, 7) is 3.24. The quantitative estimate of drug-likeness (QED) is 0.785. The molecule has 0 amide bonds. The second kappa shape index (κ2) is 6.05. The average molecular weight is 360 g/mol.